The van der Waals surface area contributed by atoms with E-state index in [-0.39, 0.29) is 0 Å². The van der Waals surface area contributed by atoms with Gasteiger partial charge in [0.2, 0.25) is 0 Å². The van der Waals surface area contributed by atoms with Crippen LogP contribution in [0, 0.1) is 0 Å². The number of hydrogen-bond donors (Lipinski definition) is 1. The van der Waals surface area contributed by atoms with Crippen molar-refractivity contribution in [3.63, 3.8) is 0 Å². The monoisotopic (exact) mass is 360 g/mol. The van der Waals surface area contributed by atoms with Crippen molar-refractivity contribution in [2.45, 2.75) is 50.6 Å². The fraction of sp³-hybridized carbons (Fsp3) is 0.750. The van der Waals surface area contributed by atoms with E-state index in [9.17, 15) is 0 Å². The first-order valence-corrected chi connectivity index (χ1v) is 10.3. The third-order valence-corrected chi connectivity index (χ3v) is 5.91. The molecule has 1 aromatic heterocycles. The van der Waals surface area contributed by atoms with Crippen LogP contribution in [0.3, 0.4) is 0 Å². The SMILES string of the molecule is c1coc(CCN=C(NC2CCCC2)N2CCC(N3CCOCC3)C2)c1. The highest BCUT2D eigenvalue weighted by molar-refractivity contribution is 5.80. The van der Waals surface area contributed by atoms with Crippen molar-refractivity contribution in [1.82, 2.24) is 15.1 Å². The Labute approximate surface area is 156 Å². The van der Waals surface area contributed by atoms with E-state index >= 15 is 0 Å². The summed E-state index contributed by atoms with van der Waals surface area (Å²) in [5, 5.41) is 3.76. The highest BCUT2D eigenvalue weighted by Gasteiger charge is 2.31. The lowest BCUT2D eigenvalue weighted by molar-refractivity contribution is 0.0194. The van der Waals surface area contributed by atoms with Crippen LogP contribution in [-0.2, 0) is 11.2 Å². The second-order valence-electron chi connectivity index (χ2n) is 7.70. The largest absolute Gasteiger partial charge is 0.469 e. The smallest absolute Gasteiger partial charge is 0.194 e. The van der Waals surface area contributed by atoms with Crippen molar-refractivity contribution in [3.05, 3.63) is 24.2 Å². The van der Waals surface area contributed by atoms with Crippen molar-refractivity contribution >= 4 is 5.96 Å². The molecular weight excluding hydrogens is 328 g/mol. The molecule has 144 valence electrons. The third-order valence-electron chi connectivity index (χ3n) is 5.91. The number of furan rings is 1. The molecule has 6 nitrogen and oxygen atoms in total. The molecule has 1 aliphatic carbocycles. The van der Waals surface area contributed by atoms with Crippen LogP contribution >= 0.6 is 0 Å². The number of guanidine groups is 1. The maximum Gasteiger partial charge on any atom is 0.194 e. The minimum atomic E-state index is 0.597. The molecule has 0 bridgehead atoms. The number of nitrogens with zero attached hydrogens (tertiary/aromatic N) is 3. The molecule has 0 radical (unpaired) electrons. The van der Waals surface area contributed by atoms with Crippen LogP contribution in [0.25, 0.3) is 0 Å². The summed E-state index contributed by atoms with van der Waals surface area (Å²) in [5.41, 5.74) is 0. The topological polar surface area (TPSA) is 53.2 Å². The predicted molar refractivity (Wildman–Crippen MR) is 102 cm³/mol. The molecule has 6 heteroatoms. The van der Waals surface area contributed by atoms with Crippen LogP contribution in [0.2, 0.25) is 0 Å². The molecule has 1 aromatic rings. The van der Waals surface area contributed by atoms with Crippen LogP contribution < -0.4 is 5.32 Å². The first-order chi connectivity index (χ1) is 12.9. The molecule has 0 amide bonds. The molecule has 1 N–H and O–H groups in total. The van der Waals surface area contributed by atoms with Gasteiger partial charge in [0.25, 0.3) is 0 Å². The summed E-state index contributed by atoms with van der Waals surface area (Å²) < 4.78 is 11.0. The normalized spacial score (nSPS) is 25.9. The summed E-state index contributed by atoms with van der Waals surface area (Å²) in [4.78, 5) is 10.0. The van der Waals surface area contributed by atoms with Gasteiger partial charge in [-0.1, -0.05) is 12.8 Å². The zero-order valence-corrected chi connectivity index (χ0v) is 15.7. The van der Waals surface area contributed by atoms with Crippen molar-refractivity contribution in [2.24, 2.45) is 4.99 Å². The van der Waals surface area contributed by atoms with Gasteiger partial charge >= 0.3 is 0 Å². The molecule has 2 aliphatic heterocycles. The van der Waals surface area contributed by atoms with E-state index in [1.54, 1.807) is 6.26 Å². The zero-order valence-electron chi connectivity index (χ0n) is 15.7. The average molecular weight is 361 g/mol. The van der Waals surface area contributed by atoms with Gasteiger partial charge in [-0.2, -0.15) is 0 Å². The third kappa shape index (κ3) is 4.60. The molecule has 3 aliphatic rings. The molecule has 26 heavy (non-hydrogen) atoms. The number of hydrogen-bond acceptors (Lipinski definition) is 4. The lowest BCUT2D eigenvalue weighted by Crippen LogP contribution is -2.48. The van der Waals surface area contributed by atoms with Gasteiger partial charge in [0, 0.05) is 51.2 Å². The van der Waals surface area contributed by atoms with Crippen LogP contribution in [0.5, 0.6) is 0 Å². The van der Waals surface area contributed by atoms with E-state index < -0.39 is 0 Å². The molecule has 1 saturated carbocycles. The number of ether oxygens (including phenoxy) is 1. The summed E-state index contributed by atoms with van der Waals surface area (Å²) in [6.07, 6.45) is 9.06. The highest BCUT2D eigenvalue weighted by atomic mass is 16.5. The molecule has 0 aromatic carbocycles. The molecule has 0 spiro atoms. The Morgan fingerprint density at radius 1 is 1.15 bits per heavy atom. The molecule has 3 heterocycles. The second kappa shape index (κ2) is 8.91. The van der Waals surface area contributed by atoms with Crippen LogP contribution in [0.4, 0.5) is 0 Å². The average Bonchev–Trinajstić information content (AvgIpc) is 3.44. The van der Waals surface area contributed by atoms with Gasteiger partial charge in [-0.15, -0.1) is 0 Å². The van der Waals surface area contributed by atoms with E-state index in [1.807, 2.05) is 12.1 Å². The highest BCUT2D eigenvalue weighted by Crippen LogP contribution is 2.20. The number of aliphatic imine (C=N–C) groups is 1. The molecular formula is C20H32N4O2. The lowest BCUT2D eigenvalue weighted by Gasteiger charge is -2.32. The second-order valence-corrected chi connectivity index (χ2v) is 7.70. The van der Waals surface area contributed by atoms with Gasteiger partial charge in [0.1, 0.15) is 5.76 Å². The van der Waals surface area contributed by atoms with Gasteiger partial charge in [0.15, 0.2) is 5.96 Å². The van der Waals surface area contributed by atoms with E-state index in [2.05, 4.69) is 15.1 Å². The van der Waals surface area contributed by atoms with Crippen LogP contribution in [0.15, 0.2) is 27.8 Å². The summed E-state index contributed by atoms with van der Waals surface area (Å²) >= 11 is 0. The van der Waals surface area contributed by atoms with Crippen LogP contribution in [-0.4, -0.2) is 73.8 Å². The Hall–Kier alpha value is -1.53. The summed E-state index contributed by atoms with van der Waals surface area (Å²) in [7, 11) is 0. The maximum atomic E-state index is 5.51. The van der Waals surface area contributed by atoms with E-state index in [0.29, 0.717) is 12.1 Å². The number of rotatable bonds is 5. The van der Waals surface area contributed by atoms with Gasteiger partial charge in [-0.05, 0) is 31.4 Å². The van der Waals surface area contributed by atoms with Gasteiger partial charge in [-0.3, -0.25) is 9.89 Å². The van der Waals surface area contributed by atoms with Crippen molar-refractivity contribution in [1.29, 1.82) is 0 Å². The van der Waals surface area contributed by atoms with E-state index in [1.165, 1.54) is 32.1 Å². The van der Waals surface area contributed by atoms with Gasteiger partial charge in [0.05, 0.1) is 19.5 Å². The standard InChI is InChI=1S/C20H32N4O2/c1-2-5-17(4-1)22-20(21-9-7-19-6-3-13-26-19)24-10-8-18(16-24)23-11-14-25-15-12-23/h3,6,13,17-18H,1-2,4-5,7-12,14-16H2,(H,21,22). The summed E-state index contributed by atoms with van der Waals surface area (Å²) in [6.45, 7) is 6.85. The van der Waals surface area contributed by atoms with Crippen LogP contribution in [0.1, 0.15) is 37.9 Å². The van der Waals surface area contributed by atoms with E-state index in [0.717, 1.165) is 64.1 Å². The number of morpholine rings is 1. The molecule has 1 unspecified atom stereocenters. The van der Waals surface area contributed by atoms with Gasteiger partial charge < -0.3 is 19.4 Å². The Bertz CT molecular complexity index is 562. The van der Waals surface area contributed by atoms with Gasteiger partial charge in [-0.25, -0.2) is 0 Å². The zero-order chi connectivity index (χ0) is 17.6. The quantitative estimate of drug-likeness (QED) is 0.644. The minimum Gasteiger partial charge on any atom is -0.469 e. The fourth-order valence-corrected chi connectivity index (χ4v) is 4.39. The number of nitrogens with one attached hydrogen (secondary N) is 1. The molecule has 2 saturated heterocycles. The number of likely N-dealkylation sites (tertiary alicyclic amines) is 1. The minimum absolute atomic E-state index is 0.597. The lowest BCUT2D eigenvalue weighted by atomic mass is 10.2. The molecule has 1 atom stereocenters. The first-order valence-electron chi connectivity index (χ1n) is 10.3. The summed E-state index contributed by atoms with van der Waals surface area (Å²) in [6, 6.07) is 5.22. The van der Waals surface area contributed by atoms with Crippen molar-refractivity contribution in [3.8, 4) is 0 Å². The Balaban J connectivity index is 1.36. The van der Waals surface area contributed by atoms with Crippen molar-refractivity contribution < 1.29 is 9.15 Å². The summed E-state index contributed by atoms with van der Waals surface area (Å²) in [5.74, 6) is 2.13. The fourth-order valence-electron chi connectivity index (χ4n) is 4.39. The Kier molecular flexibility index (Phi) is 6.12. The van der Waals surface area contributed by atoms with E-state index in [4.69, 9.17) is 14.1 Å². The predicted octanol–water partition coefficient (Wildman–Crippen LogP) is 2.12. The maximum absolute atomic E-state index is 5.51. The molecule has 3 fully saturated rings. The Morgan fingerprint density at radius 2 is 2.00 bits per heavy atom. The van der Waals surface area contributed by atoms with Crippen molar-refractivity contribution in [2.75, 3.05) is 45.9 Å². The molecule has 4 rings (SSSR count). The first kappa shape index (κ1) is 17.9. The Morgan fingerprint density at radius 3 is 2.77 bits per heavy atom.